The smallest absolute Gasteiger partial charge is 0.103 e. The van der Waals surface area contributed by atoms with Crippen LogP contribution in [0.3, 0.4) is 0 Å². The molecule has 0 saturated carbocycles. The van der Waals surface area contributed by atoms with Gasteiger partial charge in [0.1, 0.15) is 6.10 Å². The van der Waals surface area contributed by atoms with Crippen molar-refractivity contribution in [2.24, 2.45) is 7.05 Å². The van der Waals surface area contributed by atoms with Crippen LogP contribution in [0.4, 0.5) is 0 Å². The van der Waals surface area contributed by atoms with Crippen molar-refractivity contribution in [3.63, 3.8) is 0 Å². The summed E-state index contributed by atoms with van der Waals surface area (Å²) in [5, 5.41) is 14.3. The number of hydrogen-bond acceptors (Lipinski definition) is 3. The maximum atomic E-state index is 10.1. The van der Waals surface area contributed by atoms with Crippen molar-refractivity contribution in [2.45, 2.75) is 12.5 Å². The lowest BCUT2D eigenvalue weighted by molar-refractivity contribution is 0.171. The zero-order valence-corrected chi connectivity index (χ0v) is 12.3. The molecule has 2 rings (SSSR count). The van der Waals surface area contributed by atoms with Gasteiger partial charge in [0.2, 0.25) is 0 Å². The fraction of sp³-hybridized carbons (Fsp3) is 0.273. The number of aromatic nitrogens is 3. The highest BCUT2D eigenvalue weighted by Gasteiger charge is 2.15. The molecule has 1 unspecified atom stereocenters. The number of aryl methyl sites for hydroxylation is 1. The second-order valence-electron chi connectivity index (χ2n) is 3.72. The summed E-state index contributed by atoms with van der Waals surface area (Å²) in [6, 6.07) is 3.75. The average molecular weight is 361 g/mol. The van der Waals surface area contributed by atoms with Crippen LogP contribution in [0, 0.1) is 0 Å². The van der Waals surface area contributed by atoms with E-state index in [1.54, 1.807) is 10.9 Å². The minimum atomic E-state index is -0.660. The van der Waals surface area contributed by atoms with Gasteiger partial charge in [0.15, 0.2) is 0 Å². The van der Waals surface area contributed by atoms with Crippen LogP contribution in [-0.4, -0.2) is 19.9 Å². The molecule has 0 aliphatic carbocycles. The van der Waals surface area contributed by atoms with Gasteiger partial charge in [-0.1, -0.05) is 0 Å². The van der Waals surface area contributed by atoms with Crippen molar-refractivity contribution < 1.29 is 5.11 Å². The van der Waals surface area contributed by atoms with E-state index in [2.05, 4.69) is 41.9 Å². The summed E-state index contributed by atoms with van der Waals surface area (Å²) in [6.07, 6.45) is 3.31. The Labute approximate surface area is 116 Å². The van der Waals surface area contributed by atoms with Gasteiger partial charge in [0.05, 0.1) is 11.4 Å². The Hall–Kier alpha value is -0.720. The van der Waals surface area contributed by atoms with E-state index in [-0.39, 0.29) is 0 Å². The topological polar surface area (TPSA) is 50.9 Å². The number of rotatable bonds is 3. The normalized spacial score (nSPS) is 12.7. The van der Waals surface area contributed by atoms with Gasteiger partial charge < -0.3 is 5.11 Å². The second kappa shape index (κ2) is 5.29. The first kappa shape index (κ1) is 12.7. The summed E-state index contributed by atoms with van der Waals surface area (Å²) in [5.74, 6) is 0. The summed E-state index contributed by atoms with van der Waals surface area (Å²) in [6.45, 7) is 0. The summed E-state index contributed by atoms with van der Waals surface area (Å²) >= 11 is 6.71. The number of aliphatic hydroxyl groups is 1. The lowest BCUT2D eigenvalue weighted by Crippen LogP contribution is -2.06. The van der Waals surface area contributed by atoms with Gasteiger partial charge in [-0.25, -0.2) is 0 Å². The van der Waals surface area contributed by atoms with Gasteiger partial charge in [0.25, 0.3) is 0 Å². The number of nitrogens with zero attached hydrogens (tertiary/aromatic N) is 3. The molecule has 0 aliphatic heterocycles. The van der Waals surface area contributed by atoms with Crippen molar-refractivity contribution in [1.82, 2.24) is 14.8 Å². The second-order valence-corrected chi connectivity index (χ2v) is 5.49. The number of aliphatic hydroxyl groups excluding tert-OH is 1. The highest BCUT2D eigenvalue weighted by atomic mass is 79.9. The maximum Gasteiger partial charge on any atom is 0.103 e. The third-order valence-electron chi connectivity index (χ3n) is 2.32. The summed E-state index contributed by atoms with van der Waals surface area (Å²) in [4.78, 5) is 4.20. The summed E-state index contributed by atoms with van der Waals surface area (Å²) < 4.78 is 3.38. The Morgan fingerprint density at radius 3 is 2.82 bits per heavy atom. The average Bonchev–Trinajstić information content (AvgIpc) is 2.63. The van der Waals surface area contributed by atoms with Crippen molar-refractivity contribution in [3.05, 3.63) is 44.9 Å². The van der Waals surface area contributed by atoms with Crippen LogP contribution < -0.4 is 0 Å². The Kier molecular flexibility index (Phi) is 3.96. The van der Waals surface area contributed by atoms with Gasteiger partial charge >= 0.3 is 0 Å². The molecule has 0 bridgehead atoms. The molecule has 17 heavy (non-hydrogen) atoms. The summed E-state index contributed by atoms with van der Waals surface area (Å²) in [7, 11) is 1.85. The number of pyridine rings is 1. The Morgan fingerprint density at radius 1 is 1.47 bits per heavy atom. The molecule has 1 N–H and O–H groups in total. The lowest BCUT2D eigenvalue weighted by atomic mass is 10.1. The van der Waals surface area contributed by atoms with Crippen LogP contribution >= 0.6 is 31.9 Å². The molecule has 0 spiro atoms. The van der Waals surface area contributed by atoms with Crippen molar-refractivity contribution in [2.75, 3.05) is 0 Å². The van der Waals surface area contributed by atoms with Gasteiger partial charge in [0, 0.05) is 34.8 Å². The largest absolute Gasteiger partial charge is 0.386 e. The molecule has 2 aromatic rings. The summed E-state index contributed by atoms with van der Waals surface area (Å²) in [5.41, 5.74) is 1.47. The lowest BCUT2D eigenvalue weighted by Gasteiger charge is -2.10. The van der Waals surface area contributed by atoms with Crippen LogP contribution in [-0.2, 0) is 13.5 Å². The molecule has 0 aromatic carbocycles. The molecule has 0 fully saturated rings. The zero-order valence-electron chi connectivity index (χ0n) is 9.14. The quantitative estimate of drug-likeness (QED) is 0.915. The van der Waals surface area contributed by atoms with E-state index >= 15 is 0 Å². The molecule has 2 heterocycles. The highest BCUT2D eigenvalue weighted by molar-refractivity contribution is 9.11. The minimum Gasteiger partial charge on any atom is -0.386 e. The number of hydrogen-bond donors (Lipinski definition) is 1. The molecule has 2 aromatic heterocycles. The van der Waals surface area contributed by atoms with Crippen LogP contribution in [0.25, 0.3) is 0 Å². The van der Waals surface area contributed by atoms with Crippen LogP contribution in [0.5, 0.6) is 0 Å². The molecule has 0 radical (unpaired) electrons. The zero-order chi connectivity index (χ0) is 12.4. The number of halogens is 2. The van der Waals surface area contributed by atoms with Crippen LogP contribution in [0.15, 0.2) is 33.5 Å². The standard InChI is InChI=1S/C11H11Br2N3O/c1-16-3-2-8(15-16)5-10(17)11-9(13)4-7(12)6-14-11/h2-4,6,10,17H,5H2,1H3. The van der Waals surface area contributed by atoms with E-state index in [0.29, 0.717) is 12.1 Å². The van der Waals surface area contributed by atoms with Crippen molar-refractivity contribution in [1.29, 1.82) is 0 Å². The van der Waals surface area contributed by atoms with E-state index in [9.17, 15) is 5.11 Å². The van der Waals surface area contributed by atoms with Crippen molar-refractivity contribution >= 4 is 31.9 Å². The molecule has 0 amide bonds. The Bertz CT molecular complexity index is 527. The van der Waals surface area contributed by atoms with Gasteiger partial charge in [-0.15, -0.1) is 0 Å². The maximum absolute atomic E-state index is 10.1. The van der Waals surface area contributed by atoms with Gasteiger partial charge in [-0.2, -0.15) is 5.10 Å². The first-order valence-electron chi connectivity index (χ1n) is 5.04. The molecular formula is C11H11Br2N3O. The Morgan fingerprint density at radius 2 is 2.24 bits per heavy atom. The van der Waals surface area contributed by atoms with E-state index in [4.69, 9.17) is 0 Å². The van der Waals surface area contributed by atoms with E-state index in [1.165, 1.54) is 0 Å². The van der Waals surface area contributed by atoms with Gasteiger partial charge in [-0.3, -0.25) is 9.67 Å². The van der Waals surface area contributed by atoms with Crippen molar-refractivity contribution in [3.8, 4) is 0 Å². The predicted molar refractivity (Wildman–Crippen MR) is 71.5 cm³/mol. The monoisotopic (exact) mass is 359 g/mol. The SMILES string of the molecule is Cn1ccc(CC(O)c2ncc(Br)cc2Br)n1. The fourth-order valence-electron chi connectivity index (χ4n) is 1.54. The van der Waals surface area contributed by atoms with Crippen LogP contribution in [0.1, 0.15) is 17.5 Å². The third kappa shape index (κ3) is 3.14. The Balaban J connectivity index is 2.17. The third-order valence-corrected chi connectivity index (χ3v) is 3.39. The molecule has 90 valence electrons. The molecule has 0 aliphatic rings. The first-order chi connectivity index (χ1) is 8.06. The van der Waals surface area contributed by atoms with E-state index in [0.717, 1.165) is 14.6 Å². The molecule has 4 nitrogen and oxygen atoms in total. The molecule has 1 atom stereocenters. The first-order valence-corrected chi connectivity index (χ1v) is 6.62. The van der Waals surface area contributed by atoms with E-state index < -0.39 is 6.10 Å². The molecule has 0 saturated heterocycles. The van der Waals surface area contributed by atoms with E-state index in [1.807, 2.05) is 25.4 Å². The predicted octanol–water partition coefficient (Wildman–Crippen LogP) is 2.62. The minimum absolute atomic E-state index is 0.452. The fourth-order valence-corrected chi connectivity index (χ4v) is 2.79. The molecule has 6 heteroatoms. The van der Waals surface area contributed by atoms with Gasteiger partial charge in [-0.05, 0) is 44.0 Å². The van der Waals surface area contributed by atoms with Crippen LogP contribution in [0.2, 0.25) is 0 Å². The molecular weight excluding hydrogens is 350 g/mol. The highest BCUT2D eigenvalue weighted by Crippen LogP contribution is 2.26.